The highest BCUT2D eigenvalue weighted by molar-refractivity contribution is 7.86. The molecular weight excluding hydrogens is 334 g/mol. The first kappa shape index (κ1) is 21.2. The Bertz CT molecular complexity index is 595. The van der Waals surface area contributed by atoms with Crippen molar-refractivity contribution in [2.45, 2.75) is 39.0 Å². The van der Waals surface area contributed by atoms with Crippen LogP contribution in [0.25, 0.3) is 0 Å². The van der Waals surface area contributed by atoms with E-state index in [0.717, 1.165) is 17.9 Å². The van der Waals surface area contributed by atoms with Gasteiger partial charge in [-0.3, -0.25) is 4.21 Å². The van der Waals surface area contributed by atoms with E-state index in [1.165, 1.54) is 0 Å². The van der Waals surface area contributed by atoms with Crippen LogP contribution in [0.4, 0.5) is 0 Å². The number of guanidine groups is 1. The summed E-state index contributed by atoms with van der Waals surface area (Å²) in [5.74, 6) is 2.12. The first-order valence-corrected chi connectivity index (χ1v) is 9.92. The van der Waals surface area contributed by atoms with Crippen molar-refractivity contribution in [3.8, 4) is 5.75 Å². The third-order valence-corrected chi connectivity index (χ3v) is 5.28. The smallest absolute Gasteiger partial charge is 0.191 e. The van der Waals surface area contributed by atoms with Crippen molar-refractivity contribution >= 4 is 16.8 Å². The van der Waals surface area contributed by atoms with Crippen molar-refractivity contribution in [2.24, 2.45) is 4.99 Å². The lowest BCUT2D eigenvalue weighted by Crippen LogP contribution is -2.40. The van der Waals surface area contributed by atoms with Crippen LogP contribution in [0.1, 0.15) is 33.3 Å². The Morgan fingerprint density at radius 2 is 2.04 bits per heavy atom. The molecule has 1 unspecified atom stereocenters. The van der Waals surface area contributed by atoms with Crippen LogP contribution in [-0.4, -0.2) is 40.4 Å². The molecule has 0 saturated heterocycles. The molecule has 1 rings (SSSR count). The molecular formula is C19H31N3O2S. The van der Waals surface area contributed by atoms with Gasteiger partial charge in [0.1, 0.15) is 12.4 Å². The Morgan fingerprint density at radius 1 is 1.32 bits per heavy atom. The number of nitrogens with one attached hydrogen (secondary N) is 2. The standard InChI is InChI=1S/C19H31N3O2S/c1-6-13-24-17-11-9-8-10-16(17)15-22-18(20-7-2)21-12-14-25(23)19(3,4)5/h6,8-11H,1,7,12-15H2,2-5H3,(H2,20,21,22). The molecule has 1 atom stereocenters. The van der Waals surface area contributed by atoms with Crippen molar-refractivity contribution < 1.29 is 8.95 Å². The van der Waals surface area contributed by atoms with Crippen molar-refractivity contribution in [1.82, 2.24) is 10.6 Å². The largest absolute Gasteiger partial charge is 0.489 e. The summed E-state index contributed by atoms with van der Waals surface area (Å²) in [5, 5.41) is 6.46. The number of rotatable bonds is 9. The van der Waals surface area contributed by atoms with Gasteiger partial charge in [0, 0.05) is 40.0 Å². The minimum Gasteiger partial charge on any atom is -0.489 e. The van der Waals surface area contributed by atoms with E-state index in [2.05, 4.69) is 22.2 Å². The van der Waals surface area contributed by atoms with Crippen LogP contribution in [0.15, 0.2) is 41.9 Å². The van der Waals surface area contributed by atoms with Gasteiger partial charge >= 0.3 is 0 Å². The molecule has 0 aliphatic heterocycles. The van der Waals surface area contributed by atoms with Crippen molar-refractivity contribution in [3.63, 3.8) is 0 Å². The summed E-state index contributed by atoms with van der Waals surface area (Å²) in [4.78, 5) is 4.60. The fraction of sp³-hybridized carbons (Fsp3) is 0.526. The quantitative estimate of drug-likeness (QED) is 0.401. The van der Waals surface area contributed by atoms with Gasteiger partial charge in [0.25, 0.3) is 0 Å². The number of para-hydroxylation sites is 1. The molecule has 0 saturated carbocycles. The zero-order chi connectivity index (χ0) is 18.7. The summed E-state index contributed by atoms with van der Waals surface area (Å²) >= 11 is 0. The van der Waals surface area contributed by atoms with E-state index in [9.17, 15) is 4.21 Å². The fourth-order valence-corrected chi connectivity index (χ4v) is 2.90. The summed E-state index contributed by atoms with van der Waals surface area (Å²) < 4.78 is 17.6. The lowest BCUT2D eigenvalue weighted by molar-refractivity contribution is 0.359. The van der Waals surface area contributed by atoms with Crippen molar-refractivity contribution in [2.75, 3.05) is 25.4 Å². The molecule has 5 nitrogen and oxygen atoms in total. The normalized spacial score (nSPS) is 13.2. The summed E-state index contributed by atoms with van der Waals surface area (Å²) in [7, 11) is -0.880. The first-order valence-electron chi connectivity index (χ1n) is 8.60. The van der Waals surface area contributed by atoms with Crippen molar-refractivity contribution in [1.29, 1.82) is 0 Å². The summed E-state index contributed by atoms with van der Waals surface area (Å²) in [6.45, 7) is 14.0. The SMILES string of the molecule is C=CCOc1ccccc1CN=C(NCC)NCCS(=O)C(C)(C)C. The maximum Gasteiger partial charge on any atom is 0.191 e. The average molecular weight is 366 g/mol. The van der Waals surface area contributed by atoms with Crippen LogP contribution >= 0.6 is 0 Å². The second-order valence-corrected chi connectivity index (χ2v) is 8.82. The lowest BCUT2D eigenvalue weighted by Gasteiger charge is -2.18. The molecule has 0 bridgehead atoms. The number of nitrogens with zero attached hydrogens (tertiary/aromatic N) is 1. The molecule has 2 N–H and O–H groups in total. The van der Waals surface area contributed by atoms with Crippen LogP contribution in [0.2, 0.25) is 0 Å². The number of benzene rings is 1. The molecule has 0 heterocycles. The molecule has 0 radical (unpaired) electrons. The minimum absolute atomic E-state index is 0.196. The van der Waals surface area contributed by atoms with Gasteiger partial charge in [-0.1, -0.05) is 30.9 Å². The highest BCUT2D eigenvalue weighted by atomic mass is 32.2. The van der Waals surface area contributed by atoms with Crippen LogP contribution < -0.4 is 15.4 Å². The Morgan fingerprint density at radius 3 is 2.68 bits per heavy atom. The van der Waals surface area contributed by atoms with Crippen LogP contribution in [-0.2, 0) is 17.3 Å². The number of hydrogen-bond acceptors (Lipinski definition) is 3. The predicted molar refractivity (Wildman–Crippen MR) is 108 cm³/mol. The maximum atomic E-state index is 12.1. The van der Waals surface area contributed by atoms with E-state index < -0.39 is 10.8 Å². The monoisotopic (exact) mass is 365 g/mol. The highest BCUT2D eigenvalue weighted by Crippen LogP contribution is 2.18. The topological polar surface area (TPSA) is 62.7 Å². The molecule has 0 aromatic heterocycles. The summed E-state index contributed by atoms with van der Waals surface area (Å²) in [5.41, 5.74) is 1.01. The van der Waals surface area contributed by atoms with Crippen molar-refractivity contribution in [3.05, 3.63) is 42.5 Å². The van der Waals surface area contributed by atoms with Crippen LogP contribution in [0, 0.1) is 0 Å². The molecule has 1 aromatic rings. The third-order valence-electron chi connectivity index (χ3n) is 3.34. The molecule has 0 aliphatic rings. The lowest BCUT2D eigenvalue weighted by atomic mass is 10.2. The number of ether oxygens (including phenoxy) is 1. The summed E-state index contributed by atoms with van der Waals surface area (Å²) in [6.07, 6.45) is 1.72. The average Bonchev–Trinajstić information content (AvgIpc) is 2.57. The molecule has 25 heavy (non-hydrogen) atoms. The van der Waals surface area contributed by atoms with E-state index in [1.54, 1.807) is 6.08 Å². The van der Waals surface area contributed by atoms with E-state index >= 15 is 0 Å². The molecule has 140 valence electrons. The maximum absolute atomic E-state index is 12.1. The minimum atomic E-state index is -0.880. The highest BCUT2D eigenvalue weighted by Gasteiger charge is 2.18. The zero-order valence-electron chi connectivity index (χ0n) is 15.8. The summed E-state index contributed by atoms with van der Waals surface area (Å²) in [6, 6.07) is 7.84. The zero-order valence-corrected chi connectivity index (χ0v) is 16.6. The predicted octanol–water partition coefficient (Wildman–Crippen LogP) is 2.85. The van der Waals surface area contributed by atoms with E-state index in [0.29, 0.717) is 31.4 Å². The molecule has 0 amide bonds. The van der Waals surface area contributed by atoms with Gasteiger partial charge in [0.05, 0.1) is 6.54 Å². The van der Waals surface area contributed by atoms with Gasteiger partial charge < -0.3 is 15.4 Å². The molecule has 0 spiro atoms. The first-order chi connectivity index (χ1) is 11.9. The van der Waals surface area contributed by atoms with E-state index in [4.69, 9.17) is 4.74 Å². The fourth-order valence-electron chi connectivity index (χ4n) is 2.00. The Kier molecular flexibility index (Phi) is 9.27. The molecule has 0 fully saturated rings. The van der Waals surface area contributed by atoms with Gasteiger partial charge in [-0.05, 0) is 33.8 Å². The molecule has 0 aliphatic carbocycles. The second-order valence-electron chi connectivity index (χ2n) is 6.49. The van der Waals surface area contributed by atoms with Gasteiger partial charge in [-0.2, -0.15) is 0 Å². The number of aliphatic imine (C=N–C) groups is 1. The Hall–Kier alpha value is -1.82. The second kappa shape index (κ2) is 10.9. The van der Waals surface area contributed by atoms with E-state index in [-0.39, 0.29) is 4.75 Å². The Labute approximate surface area is 154 Å². The van der Waals surface area contributed by atoms with Crippen LogP contribution in [0.5, 0.6) is 5.75 Å². The van der Waals surface area contributed by atoms with E-state index in [1.807, 2.05) is 52.0 Å². The van der Waals surface area contributed by atoms with Gasteiger partial charge in [0.15, 0.2) is 5.96 Å². The third kappa shape index (κ3) is 8.20. The van der Waals surface area contributed by atoms with Gasteiger partial charge in [0.2, 0.25) is 0 Å². The Balaban J connectivity index is 2.67. The molecule has 1 aromatic carbocycles. The van der Waals surface area contributed by atoms with Gasteiger partial charge in [-0.15, -0.1) is 0 Å². The van der Waals surface area contributed by atoms with Gasteiger partial charge in [-0.25, -0.2) is 4.99 Å². The number of hydrogen-bond donors (Lipinski definition) is 2. The molecule has 6 heteroatoms. The van der Waals surface area contributed by atoms with Crippen LogP contribution in [0.3, 0.4) is 0 Å².